The topological polar surface area (TPSA) is 124 Å². The summed E-state index contributed by atoms with van der Waals surface area (Å²) >= 11 is 0. The van der Waals surface area contributed by atoms with Gasteiger partial charge in [0.05, 0.1) is 33.0 Å². The fourth-order valence-electron chi connectivity index (χ4n) is 11.4. The van der Waals surface area contributed by atoms with Crippen molar-refractivity contribution < 1.29 is 43.8 Å². The van der Waals surface area contributed by atoms with Crippen LogP contribution < -0.4 is 18.9 Å². The van der Waals surface area contributed by atoms with Crippen LogP contribution in [-0.2, 0) is 60.9 Å². The van der Waals surface area contributed by atoms with Gasteiger partial charge in [-0.3, -0.25) is 0 Å². The molecule has 0 saturated carbocycles. The minimum absolute atomic E-state index is 0.101. The summed E-state index contributed by atoms with van der Waals surface area (Å²) in [6, 6.07) is 18.6. The Kier molecular flexibility index (Phi) is 32.6. The van der Waals surface area contributed by atoms with Crippen molar-refractivity contribution in [1.82, 2.24) is 0 Å². The largest absolute Gasteiger partial charge is 0.493 e. The Balaban J connectivity index is 1.87. The van der Waals surface area contributed by atoms with E-state index in [2.05, 4.69) is 82.8 Å². The molecule has 1 aliphatic carbocycles. The molecule has 4 aromatic carbocycles. The number of carbonyl (C=O) groups is 1. The number of hydrogen-bond acceptors (Lipinski definition) is 9. The first kappa shape index (κ1) is 66.0. The molecule has 444 valence electrons. The van der Waals surface area contributed by atoms with E-state index in [1.807, 2.05) is 0 Å². The molecule has 8 bridgehead atoms. The van der Waals surface area contributed by atoms with Gasteiger partial charge < -0.3 is 39.0 Å². The predicted molar refractivity (Wildman–Crippen MR) is 330 cm³/mol. The first-order chi connectivity index (χ1) is 39.3. The molecule has 9 nitrogen and oxygen atoms in total. The normalized spacial score (nSPS) is 12.1. The highest BCUT2D eigenvalue weighted by Crippen LogP contribution is 2.42. The summed E-state index contributed by atoms with van der Waals surface area (Å²) in [7, 11) is 0. The number of benzene rings is 4. The number of unbranched alkanes of at least 4 members (excludes halogenated alkanes) is 16. The van der Waals surface area contributed by atoms with E-state index in [0.717, 1.165) is 155 Å². The summed E-state index contributed by atoms with van der Waals surface area (Å²) < 4.78 is 34.3. The molecule has 5 rings (SSSR count). The maximum Gasteiger partial charge on any atom is 0.330 e. The molecule has 0 heterocycles. The lowest BCUT2D eigenvalue weighted by molar-refractivity contribution is -0.137. The molecule has 0 aliphatic heterocycles. The fraction of sp³-hybridized carbons (Fsp3) is 0.620. The summed E-state index contributed by atoms with van der Waals surface area (Å²) in [4.78, 5) is 12.2. The van der Waals surface area contributed by atoms with Gasteiger partial charge in [-0.05, 0) is 144 Å². The number of carbonyl (C=O) groups excluding carboxylic acids is 1. The second kappa shape index (κ2) is 39.6. The van der Waals surface area contributed by atoms with E-state index in [4.69, 9.17) is 23.7 Å². The molecule has 0 amide bonds. The SMILES string of the molecule is C=CC(=O)OCCCc1cc2c(OCCCCCCC)c(c1)Cc1cc(CCCO)cc(c1OCCCCCCC)Cc1cc(CCCO)cc(c1OCCCCCCC)Cc1cc(CCCO)cc(c1OCCCCCCC)C2. The van der Waals surface area contributed by atoms with Crippen LogP contribution in [0, 0.1) is 0 Å². The molecule has 0 radical (unpaired) electrons. The highest BCUT2D eigenvalue weighted by atomic mass is 16.5. The molecule has 1 aliphatic rings. The zero-order valence-corrected chi connectivity index (χ0v) is 50.5. The van der Waals surface area contributed by atoms with Gasteiger partial charge in [0.2, 0.25) is 0 Å². The van der Waals surface area contributed by atoms with Crippen LogP contribution in [0.25, 0.3) is 0 Å². The lowest BCUT2D eigenvalue weighted by Gasteiger charge is -2.25. The van der Waals surface area contributed by atoms with Crippen molar-refractivity contribution in [2.45, 2.75) is 233 Å². The van der Waals surface area contributed by atoms with Crippen LogP contribution in [0.4, 0.5) is 0 Å². The van der Waals surface area contributed by atoms with Crippen LogP contribution in [0.1, 0.15) is 249 Å². The summed E-state index contributed by atoms with van der Waals surface area (Å²) in [5.74, 6) is 3.23. The van der Waals surface area contributed by atoms with Gasteiger partial charge in [-0.15, -0.1) is 0 Å². The molecular formula is C71H106O9. The molecule has 0 saturated heterocycles. The Labute approximate surface area is 484 Å². The summed E-state index contributed by atoms with van der Waals surface area (Å²) in [6.45, 7) is 15.6. The average molecular weight is 1100 g/mol. The monoisotopic (exact) mass is 1100 g/mol. The van der Waals surface area contributed by atoms with Gasteiger partial charge in [-0.2, -0.15) is 0 Å². The van der Waals surface area contributed by atoms with Crippen LogP contribution in [0.5, 0.6) is 23.0 Å². The third kappa shape index (κ3) is 23.2. The van der Waals surface area contributed by atoms with Gasteiger partial charge in [0, 0.05) is 51.6 Å². The van der Waals surface area contributed by atoms with Gasteiger partial charge in [0.25, 0.3) is 0 Å². The van der Waals surface area contributed by atoms with E-state index in [1.54, 1.807) is 0 Å². The van der Waals surface area contributed by atoms with Crippen molar-refractivity contribution in [3.8, 4) is 23.0 Å². The van der Waals surface area contributed by atoms with E-state index >= 15 is 0 Å². The van der Waals surface area contributed by atoms with Gasteiger partial charge >= 0.3 is 5.97 Å². The summed E-state index contributed by atoms with van der Waals surface area (Å²) in [5, 5.41) is 30.8. The lowest BCUT2D eigenvalue weighted by atomic mass is 9.87. The van der Waals surface area contributed by atoms with Gasteiger partial charge in [-0.1, -0.05) is 186 Å². The molecule has 3 N–H and O–H groups in total. The molecule has 0 fully saturated rings. The first-order valence-corrected chi connectivity index (χ1v) is 32.0. The second-order valence-electron chi connectivity index (χ2n) is 22.7. The average Bonchev–Trinajstić information content (AvgIpc) is 3.52. The number of aliphatic hydroxyl groups is 3. The standard InChI is InChI=1S/C71H106O9/c1-6-11-15-19-23-38-77-68-59-43-55(31-27-35-72)44-60(68)52-62-46-57(33-29-37-74)48-64(70(62)79-40-25-21-17-13-8-3)54-66-50-58(34-30-42-76-67(75)10-5)49-65(71(66)80-41-26-22-18-14-9-4)53-63-47-56(32-28-36-73)45-61(51-59)69(63)78-39-24-20-16-12-7-2/h10,43-50,72-74H,5-9,11-42,51-54H2,1-4H3. The Morgan fingerprint density at radius 2 is 0.600 bits per heavy atom. The van der Waals surface area contributed by atoms with Crippen molar-refractivity contribution in [3.63, 3.8) is 0 Å². The molecule has 0 atom stereocenters. The van der Waals surface area contributed by atoms with Crippen LogP contribution in [0.3, 0.4) is 0 Å². The number of fused-ring (bicyclic) bond motifs is 8. The van der Waals surface area contributed by atoms with Crippen LogP contribution in [0.2, 0.25) is 0 Å². The van der Waals surface area contributed by atoms with Gasteiger partial charge in [0.15, 0.2) is 0 Å². The number of ether oxygens (including phenoxy) is 5. The molecule has 4 aromatic rings. The summed E-state index contributed by atoms with van der Waals surface area (Å²) in [6.07, 6.45) is 31.5. The predicted octanol–water partition coefficient (Wildman–Crippen LogP) is 16.2. The van der Waals surface area contributed by atoms with Crippen molar-refractivity contribution in [1.29, 1.82) is 0 Å². The zero-order chi connectivity index (χ0) is 57.0. The fourth-order valence-corrected chi connectivity index (χ4v) is 11.4. The smallest absolute Gasteiger partial charge is 0.330 e. The van der Waals surface area contributed by atoms with Crippen molar-refractivity contribution in [2.24, 2.45) is 0 Å². The zero-order valence-electron chi connectivity index (χ0n) is 50.5. The molecule has 80 heavy (non-hydrogen) atoms. The van der Waals surface area contributed by atoms with Crippen molar-refractivity contribution >= 4 is 5.97 Å². The number of rotatable bonds is 42. The van der Waals surface area contributed by atoms with E-state index in [1.165, 1.54) is 88.7 Å². The van der Waals surface area contributed by atoms with E-state index < -0.39 is 5.97 Å². The third-order valence-electron chi connectivity index (χ3n) is 15.6. The van der Waals surface area contributed by atoms with Gasteiger partial charge in [-0.25, -0.2) is 4.79 Å². The number of aryl methyl sites for hydroxylation is 4. The minimum atomic E-state index is -0.416. The number of esters is 1. The summed E-state index contributed by atoms with van der Waals surface area (Å²) in [5.41, 5.74) is 13.5. The van der Waals surface area contributed by atoms with E-state index in [-0.39, 0.29) is 26.4 Å². The second-order valence-corrected chi connectivity index (χ2v) is 22.7. The number of hydrogen-bond donors (Lipinski definition) is 3. The molecule has 0 unspecified atom stereocenters. The van der Waals surface area contributed by atoms with Crippen molar-refractivity contribution in [3.05, 3.63) is 128 Å². The van der Waals surface area contributed by atoms with Crippen LogP contribution in [0.15, 0.2) is 61.2 Å². The minimum Gasteiger partial charge on any atom is -0.493 e. The highest BCUT2D eigenvalue weighted by molar-refractivity contribution is 5.81. The maximum absolute atomic E-state index is 12.2. The molecule has 0 spiro atoms. The van der Waals surface area contributed by atoms with Gasteiger partial charge in [0.1, 0.15) is 23.0 Å². The third-order valence-corrected chi connectivity index (χ3v) is 15.6. The lowest BCUT2D eigenvalue weighted by Crippen LogP contribution is -2.12. The van der Waals surface area contributed by atoms with Crippen LogP contribution in [-0.4, -0.2) is 74.1 Å². The Hall–Kier alpha value is -4.83. The van der Waals surface area contributed by atoms with E-state index in [0.29, 0.717) is 84.2 Å². The molecule has 0 aromatic heterocycles. The van der Waals surface area contributed by atoms with Crippen LogP contribution >= 0.6 is 0 Å². The quantitative estimate of drug-likeness (QED) is 0.0199. The Morgan fingerprint density at radius 1 is 0.362 bits per heavy atom. The van der Waals surface area contributed by atoms with E-state index in [9.17, 15) is 20.1 Å². The maximum atomic E-state index is 12.2. The number of aliphatic hydroxyl groups excluding tert-OH is 3. The Bertz CT molecular complexity index is 2260. The molecular weight excluding hydrogens is 997 g/mol. The van der Waals surface area contributed by atoms with Crippen molar-refractivity contribution in [2.75, 3.05) is 52.9 Å². The highest BCUT2D eigenvalue weighted by Gasteiger charge is 2.25. The molecule has 9 heteroatoms. The Morgan fingerprint density at radius 3 is 0.825 bits per heavy atom. The first-order valence-electron chi connectivity index (χ1n) is 32.0.